The Morgan fingerprint density at radius 3 is 2.22 bits per heavy atom. The van der Waals surface area contributed by atoms with Crippen LogP contribution in [0.4, 0.5) is 0 Å². The predicted molar refractivity (Wildman–Crippen MR) is 29.0 cm³/mol. The van der Waals surface area contributed by atoms with Crippen molar-refractivity contribution in [3.05, 3.63) is 12.4 Å². The van der Waals surface area contributed by atoms with E-state index >= 15 is 0 Å². The first kappa shape index (κ1) is 4.75. The zero-order valence-corrected chi connectivity index (χ0v) is 5.37. The van der Waals surface area contributed by atoms with Crippen LogP contribution in [0.5, 0.6) is 11.5 Å². The molecule has 4 nitrogen and oxygen atoms in total. The third-order valence-electron chi connectivity index (χ3n) is 0.963. The maximum atomic E-state index is 5.00. The van der Waals surface area contributed by atoms with Crippen LogP contribution in [0.15, 0.2) is 12.4 Å². The summed E-state index contributed by atoms with van der Waals surface area (Å²) in [5, 5.41) is 7.21. The van der Waals surface area contributed by atoms with Crippen LogP contribution in [0, 0.1) is 0 Å². The van der Waals surface area contributed by atoms with Gasteiger partial charge in [0.15, 0.2) is 11.5 Å². The normalized spacial score (nSPS) is 13.8. The molecule has 0 N–H and O–H groups in total. The molecular formula is C4H2N2O2Si. The SMILES string of the molecule is c1nncc2c1O[Si]O2. The average Bonchev–Trinajstić information content (AvgIpc) is 2.33. The number of fused-ring (bicyclic) bond motifs is 1. The molecule has 0 amide bonds. The number of hydrogen-bond acceptors (Lipinski definition) is 4. The van der Waals surface area contributed by atoms with Crippen molar-refractivity contribution < 1.29 is 8.85 Å². The molecule has 0 saturated carbocycles. The third-order valence-corrected chi connectivity index (χ3v) is 1.57. The second-order valence-corrected chi connectivity index (χ2v) is 2.08. The van der Waals surface area contributed by atoms with Gasteiger partial charge in [-0.25, -0.2) is 0 Å². The van der Waals surface area contributed by atoms with E-state index in [9.17, 15) is 0 Å². The van der Waals surface area contributed by atoms with E-state index in [0.29, 0.717) is 11.5 Å². The van der Waals surface area contributed by atoms with Gasteiger partial charge in [-0.05, 0) is 0 Å². The minimum absolute atomic E-state index is 0.0663. The Balaban J connectivity index is 2.54. The Morgan fingerprint density at radius 1 is 1.11 bits per heavy atom. The molecule has 0 spiro atoms. The Kier molecular flexibility index (Phi) is 0.893. The van der Waals surface area contributed by atoms with Crippen LogP contribution >= 0.6 is 0 Å². The quantitative estimate of drug-likeness (QED) is 0.465. The molecule has 0 unspecified atom stereocenters. The number of aromatic nitrogens is 2. The summed E-state index contributed by atoms with van der Waals surface area (Å²) >= 11 is 0. The lowest BCUT2D eigenvalue weighted by Crippen LogP contribution is -1.99. The molecule has 0 aromatic carbocycles. The van der Waals surface area contributed by atoms with Gasteiger partial charge in [0.25, 0.3) is 0 Å². The van der Waals surface area contributed by atoms with Gasteiger partial charge >= 0.3 is 10.0 Å². The lowest BCUT2D eigenvalue weighted by molar-refractivity contribution is 0.541. The summed E-state index contributed by atoms with van der Waals surface area (Å²) in [6.07, 6.45) is 3.07. The van der Waals surface area contributed by atoms with E-state index in [1.54, 1.807) is 0 Å². The molecule has 0 fully saturated rings. The van der Waals surface area contributed by atoms with E-state index in [1.807, 2.05) is 0 Å². The van der Waals surface area contributed by atoms with Gasteiger partial charge < -0.3 is 8.85 Å². The largest absolute Gasteiger partial charge is 0.610 e. The molecule has 1 aliphatic heterocycles. The van der Waals surface area contributed by atoms with Crippen molar-refractivity contribution in [1.82, 2.24) is 10.2 Å². The molecule has 1 aromatic rings. The minimum Gasteiger partial charge on any atom is -0.504 e. The maximum Gasteiger partial charge on any atom is 0.610 e. The van der Waals surface area contributed by atoms with E-state index in [2.05, 4.69) is 10.2 Å². The van der Waals surface area contributed by atoms with Gasteiger partial charge in [-0.15, -0.1) is 0 Å². The molecule has 2 rings (SSSR count). The monoisotopic (exact) mass is 138 g/mol. The highest BCUT2D eigenvalue weighted by Gasteiger charge is 2.15. The van der Waals surface area contributed by atoms with Crippen LogP contribution in [0.3, 0.4) is 0 Å². The molecule has 44 valence electrons. The maximum absolute atomic E-state index is 5.00. The van der Waals surface area contributed by atoms with Gasteiger partial charge in [-0.2, -0.15) is 10.2 Å². The van der Waals surface area contributed by atoms with Crippen molar-refractivity contribution >= 4 is 10.0 Å². The standard InChI is InChI=1S/C4H2N2O2Si/c1-3-4(2-6-5-1)8-9-7-3/h1-2H. The molecule has 0 atom stereocenters. The first-order chi connectivity index (χ1) is 4.47. The topological polar surface area (TPSA) is 44.2 Å². The summed E-state index contributed by atoms with van der Waals surface area (Å²) in [5.74, 6) is 1.37. The van der Waals surface area contributed by atoms with Crippen LogP contribution in [-0.2, 0) is 0 Å². The fourth-order valence-electron chi connectivity index (χ4n) is 0.563. The molecule has 9 heavy (non-hydrogen) atoms. The molecule has 5 heteroatoms. The lowest BCUT2D eigenvalue weighted by atomic mass is 10.5. The summed E-state index contributed by atoms with van der Waals surface area (Å²) in [4.78, 5) is 0. The Labute approximate surface area is 53.9 Å². The Bertz CT molecular complexity index is 207. The second kappa shape index (κ2) is 1.69. The van der Waals surface area contributed by atoms with Crippen molar-refractivity contribution in [3.8, 4) is 11.5 Å². The van der Waals surface area contributed by atoms with Gasteiger partial charge in [-0.1, -0.05) is 0 Å². The summed E-state index contributed by atoms with van der Waals surface area (Å²) in [7, 11) is 0.0663. The van der Waals surface area contributed by atoms with Crippen molar-refractivity contribution in [1.29, 1.82) is 0 Å². The summed E-state index contributed by atoms with van der Waals surface area (Å²) < 4.78 is 10.0. The van der Waals surface area contributed by atoms with Crippen LogP contribution in [0.1, 0.15) is 0 Å². The molecule has 1 aromatic heterocycles. The van der Waals surface area contributed by atoms with Crippen molar-refractivity contribution in [2.75, 3.05) is 0 Å². The van der Waals surface area contributed by atoms with Crippen LogP contribution in [0.25, 0.3) is 0 Å². The van der Waals surface area contributed by atoms with Gasteiger partial charge in [-0.3, -0.25) is 0 Å². The molecule has 2 heterocycles. The Morgan fingerprint density at radius 2 is 1.67 bits per heavy atom. The van der Waals surface area contributed by atoms with E-state index in [4.69, 9.17) is 8.85 Å². The van der Waals surface area contributed by atoms with Crippen molar-refractivity contribution in [2.45, 2.75) is 0 Å². The highest BCUT2D eigenvalue weighted by molar-refractivity contribution is 6.22. The zero-order chi connectivity index (χ0) is 6.10. The number of hydrogen-bond donors (Lipinski definition) is 0. The van der Waals surface area contributed by atoms with Crippen LogP contribution in [-0.4, -0.2) is 20.2 Å². The number of nitrogens with zero attached hydrogens (tertiary/aromatic N) is 2. The summed E-state index contributed by atoms with van der Waals surface area (Å²) in [6, 6.07) is 0. The van der Waals surface area contributed by atoms with Crippen molar-refractivity contribution in [2.24, 2.45) is 0 Å². The minimum atomic E-state index is 0.0663. The van der Waals surface area contributed by atoms with E-state index < -0.39 is 0 Å². The summed E-state index contributed by atoms with van der Waals surface area (Å²) in [5.41, 5.74) is 0. The van der Waals surface area contributed by atoms with Crippen LogP contribution < -0.4 is 8.85 Å². The second-order valence-electron chi connectivity index (χ2n) is 1.51. The van der Waals surface area contributed by atoms with E-state index in [0.717, 1.165) is 0 Å². The molecule has 0 aliphatic carbocycles. The Hall–Kier alpha value is -1.10. The lowest BCUT2D eigenvalue weighted by Gasteiger charge is -1.89. The molecule has 0 bridgehead atoms. The van der Waals surface area contributed by atoms with Gasteiger partial charge in [0, 0.05) is 0 Å². The van der Waals surface area contributed by atoms with Gasteiger partial charge in [0.05, 0.1) is 12.4 Å². The smallest absolute Gasteiger partial charge is 0.504 e. The van der Waals surface area contributed by atoms with Gasteiger partial charge in [0.2, 0.25) is 0 Å². The predicted octanol–water partition coefficient (Wildman–Crippen LogP) is -0.218. The van der Waals surface area contributed by atoms with Crippen LogP contribution in [0.2, 0.25) is 0 Å². The molecular weight excluding hydrogens is 136 g/mol. The first-order valence-electron chi connectivity index (χ1n) is 2.36. The zero-order valence-electron chi connectivity index (χ0n) is 4.37. The molecule has 2 radical (unpaired) electrons. The third kappa shape index (κ3) is 0.654. The summed E-state index contributed by atoms with van der Waals surface area (Å²) in [6.45, 7) is 0. The average molecular weight is 138 g/mol. The first-order valence-corrected chi connectivity index (χ1v) is 3.18. The highest BCUT2D eigenvalue weighted by Crippen LogP contribution is 2.27. The fourth-order valence-corrected chi connectivity index (χ4v) is 1.09. The molecule has 0 saturated heterocycles. The van der Waals surface area contributed by atoms with Crippen molar-refractivity contribution in [3.63, 3.8) is 0 Å². The number of rotatable bonds is 0. The molecule has 1 aliphatic rings. The van der Waals surface area contributed by atoms with E-state index in [-0.39, 0.29) is 10.0 Å². The highest BCUT2D eigenvalue weighted by atomic mass is 28.3. The van der Waals surface area contributed by atoms with E-state index in [1.165, 1.54) is 12.4 Å². The fraction of sp³-hybridized carbons (Fsp3) is 0. The van der Waals surface area contributed by atoms with Gasteiger partial charge in [0.1, 0.15) is 0 Å².